The summed E-state index contributed by atoms with van der Waals surface area (Å²) in [6.07, 6.45) is 3.92. The van der Waals surface area contributed by atoms with E-state index in [1.807, 2.05) is 54.9 Å². The van der Waals surface area contributed by atoms with Gasteiger partial charge in [0.05, 0.1) is 5.69 Å². The van der Waals surface area contributed by atoms with Crippen LogP contribution in [0.3, 0.4) is 0 Å². The second-order valence-corrected chi connectivity index (χ2v) is 4.68. The molecule has 0 aliphatic carbocycles. The Bertz CT molecular complexity index is 781. The Hall–Kier alpha value is -2.29. The van der Waals surface area contributed by atoms with E-state index in [0.717, 1.165) is 16.8 Å². The maximum Gasteiger partial charge on any atom is 0.272 e. The number of aryl methyl sites for hydroxylation is 2. The summed E-state index contributed by atoms with van der Waals surface area (Å²) in [5.41, 5.74) is 4.76. The largest absolute Gasteiger partial charge is 0.319 e. The standard InChI is InChI=1S/C15H14N2O/c1-10-4-3-5-12(6-10)13-9-17-8-11(2)7-14(17)15(18)16-13/h3-9H,1-2H3,(H,16,18). The number of aromatic nitrogens is 2. The Kier molecular flexibility index (Phi) is 2.33. The first kappa shape index (κ1) is 10.8. The molecule has 1 aromatic carbocycles. The Morgan fingerprint density at radius 3 is 2.67 bits per heavy atom. The minimum Gasteiger partial charge on any atom is -0.319 e. The fourth-order valence-electron chi connectivity index (χ4n) is 2.22. The Morgan fingerprint density at radius 2 is 1.89 bits per heavy atom. The molecule has 0 aliphatic rings. The van der Waals surface area contributed by atoms with Crippen molar-refractivity contribution in [1.82, 2.24) is 9.38 Å². The fourth-order valence-corrected chi connectivity index (χ4v) is 2.22. The number of H-pyrrole nitrogens is 1. The van der Waals surface area contributed by atoms with Crippen molar-refractivity contribution in [3.8, 4) is 11.3 Å². The zero-order chi connectivity index (χ0) is 12.7. The average Bonchev–Trinajstić information content (AvgIpc) is 2.70. The molecule has 0 radical (unpaired) electrons. The lowest BCUT2D eigenvalue weighted by atomic mass is 10.1. The maximum absolute atomic E-state index is 12.0. The van der Waals surface area contributed by atoms with Crippen LogP contribution in [0.15, 0.2) is 47.5 Å². The van der Waals surface area contributed by atoms with Gasteiger partial charge in [-0.1, -0.05) is 23.8 Å². The van der Waals surface area contributed by atoms with Crippen LogP contribution in [0.1, 0.15) is 11.1 Å². The van der Waals surface area contributed by atoms with Gasteiger partial charge >= 0.3 is 0 Å². The fraction of sp³-hybridized carbons (Fsp3) is 0.133. The molecule has 0 saturated heterocycles. The number of nitrogens with one attached hydrogen (secondary N) is 1. The van der Waals surface area contributed by atoms with Crippen molar-refractivity contribution >= 4 is 5.52 Å². The highest BCUT2D eigenvalue weighted by Gasteiger charge is 2.05. The molecule has 0 atom stereocenters. The zero-order valence-electron chi connectivity index (χ0n) is 10.4. The summed E-state index contributed by atoms with van der Waals surface area (Å²) in [6, 6.07) is 9.99. The Balaban J connectivity index is 2.27. The van der Waals surface area contributed by atoms with Gasteiger partial charge in [0.25, 0.3) is 5.56 Å². The summed E-state index contributed by atoms with van der Waals surface area (Å²) < 4.78 is 1.88. The van der Waals surface area contributed by atoms with E-state index in [-0.39, 0.29) is 5.56 Å². The van der Waals surface area contributed by atoms with Crippen molar-refractivity contribution in [3.05, 3.63) is 64.2 Å². The van der Waals surface area contributed by atoms with E-state index in [4.69, 9.17) is 0 Å². The second kappa shape index (κ2) is 3.88. The lowest BCUT2D eigenvalue weighted by Gasteiger charge is -2.04. The summed E-state index contributed by atoms with van der Waals surface area (Å²) >= 11 is 0. The van der Waals surface area contributed by atoms with Gasteiger partial charge in [-0.15, -0.1) is 0 Å². The molecule has 3 rings (SSSR count). The van der Waals surface area contributed by atoms with Gasteiger partial charge in [-0.2, -0.15) is 0 Å². The van der Waals surface area contributed by atoms with Crippen molar-refractivity contribution in [3.63, 3.8) is 0 Å². The summed E-state index contributed by atoms with van der Waals surface area (Å²) in [6.45, 7) is 4.03. The van der Waals surface area contributed by atoms with Crippen LogP contribution in [0.5, 0.6) is 0 Å². The number of hydrogen-bond acceptors (Lipinski definition) is 1. The molecule has 3 heteroatoms. The second-order valence-electron chi connectivity index (χ2n) is 4.68. The number of aromatic amines is 1. The van der Waals surface area contributed by atoms with Gasteiger partial charge in [-0.25, -0.2) is 0 Å². The van der Waals surface area contributed by atoms with Gasteiger partial charge in [0.2, 0.25) is 0 Å². The molecular formula is C15H14N2O. The summed E-state index contributed by atoms with van der Waals surface area (Å²) in [5.74, 6) is 0. The third-order valence-corrected chi connectivity index (χ3v) is 3.06. The summed E-state index contributed by atoms with van der Waals surface area (Å²) in [7, 11) is 0. The third kappa shape index (κ3) is 1.74. The number of benzene rings is 1. The highest BCUT2D eigenvalue weighted by Crippen LogP contribution is 2.17. The molecule has 2 heterocycles. The molecule has 0 aliphatic heterocycles. The molecule has 90 valence electrons. The molecule has 2 aromatic heterocycles. The molecule has 0 spiro atoms. The molecule has 0 bridgehead atoms. The van der Waals surface area contributed by atoms with Gasteiger partial charge in [0.1, 0.15) is 5.52 Å². The topological polar surface area (TPSA) is 37.3 Å². The predicted molar refractivity (Wildman–Crippen MR) is 72.9 cm³/mol. The number of fused-ring (bicyclic) bond motifs is 1. The molecular weight excluding hydrogens is 224 g/mol. The first-order chi connectivity index (χ1) is 8.63. The Morgan fingerprint density at radius 1 is 1.06 bits per heavy atom. The van der Waals surface area contributed by atoms with E-state index in [9.17, 15) is 4.79 Å². The minimum absolute atomic E-state index is 0.0536. The van der Waals surface area contributed by atoms with Crippen molar-refractivity contribution in [2.24, 2.45) is 0 Å². The maximum atomic E-state index is 12.0. The monoisotopic (exact) mass is 238 g/mol. The van der Waals surface area contributed by atoms with Gasteiger partial charge in [-0.3, -0.25) is 4.79 Å². The molecule has 0 fully saturated rings. The molecule has 0 unspecified atom stereocenters. The molecule has 0 amide bonds. The number of rotatable bonds is 1. The lowest BCUT2D eigenvalue weighted by molar-refractivity contribution is 1.11. The van der Waals surface area contributed by atoms with Gasteiger partial charge in [-0.05, 0) is 37.1 Å². The van der Waals surface area contributed by atoms with E-state index in [1.54, 1.807) is 0 Å². The molecule has 18 heavy (non-hydrogen) atoms. The summed E-state index contributed by atoms with van der Waals surface area (Å²) in [4.78, 5) is 14.9. The van der Waals surface area contributed by atoms with Crippen LogP contribution in [-0.4, -0.2) is 9.38 Å². The van der Waals surface area contributed by atoms with Gasteiger partial charge in [0, 0.05) is 12.4 Å². The van der Waals surface area contributed by atoms with Crippen molar-refractivity contribution in [1.29, 1.82) is 0 Å². The number of nitrogens with zero attached hydrogens (tertiary/aromatic N) is 1. The average molecular weight is 238 g/mol. The van der Waals surface area contributed by atoms with Crippen LogP contribution in [0.2, 0.25) is 0 Å². The van der Waals surface area contributed by atoms with E-state index in [0.29, 0.717) is 5.52 Å². The van der Waals surface area contributed by atoms with E-state index in [1.165, 1.54) is 5.56 Å². The van der Waals surface area contributed by atoms with Crippen LogP contribution < -0.4 is 5.56 Å². The molecule has 3 nitrogen and oxygen atoms in total. The van der Waals surface area contributed by atoms with Gasteiger partial charge < -0.3 is 9.38 Å². The predicted octanol–water partition coefficient (Wildman–Crippen LogP) is 2.91. The van der Waals surface area contributed by atoms with Crippen molar-refractivity contribution < 1.29 is 0 Å². The van der Waals surface area contributed by atoms with E-state index >= 15 is 0 Å². The highest BCUT2D eigenvalue weighted by atomic mass is 16.1. The zero-order valence-corrected chi connectivity index (χ0v) is 10.4. The van der Waals surface area contributed by atoms with Crippen molar-refractivity contribution in [2.75, 3.05) is 0 Å². The van der Waals surface area contributed by atoms with Crippen LogP contribution in [0.4, 0.5) is 0 Å². The molecule has 1 N–H and O–H groups in total. The smallest absolute Gasteiger partial charge is 0.272 e. The van der Waals surface area contributed by atoms with E-state index in [2.05, 4.69) is 11.1 Å². The third-order valence-electron chi connectivity index (χ3n) is 3.06. The lowest BCUT2D eigenvalue weighted by Crippen LogP contribution is -2.09. The molecule has 0 saturated carbocycles. The molecule has 3 aromatic rings. The van der Waals surface area contributed by atoms with Crippen LogP contribution in [0.25, 0.3) is 16.8 Å². The Labute approximate surface area is 105 Å². The number of hydrogen-bond donors (Lipinski definition) is 1. The summed E-state index contributed by atoms with van der Waals surface area (Å²) in [5, 5.41) is 0. The normalized spacial score (nSPS) is 11.0. The van der Waals surface area contributed by atoms with E-state index < -0.39 is 0 Å². The van der Waals surface area contributed by atoms with Crippen LogP contribution in [0, 0.1) is 13.8 Å². The SMILES string of the molecule is Cc1cccc(-c2cn3cc(C)cc3c(=O)[nH]2)c1. The van der Waals surface area contributed by atoms with Crippen LogP contribution >= 0.6 is 0 Å². The first-order valence-electron chi connectivity index (χ1n) is 5.92. The highest BCUT2D eigenvalue weighted by molar-refractivity contribution is 5.61. The van der Waals surface area contributed by atoms with Gasteiger partial charge in [0.15, 0.2) is 0 Å². The quantitative estimate of drug-likeness (QED) is 0.695. The van der Waals surface area contributed by atoms with Crippen LogP contribution in [-0.2, 0) is 0 Å². The first-order valence-corrected chi connectivity index (χ1v) is 5.92. The van der Waals surface area contributed by atoms with Crippen molar-refractivity contribution in [2.45, 2.75) is 13.8 Å². The minimum atomic E-state index is -0.0536.